The molecular weight excluding hydrogens is 232 g/mol. The molecule has 0 aliphatic heterocycles. The molecule has 0 radical (unpaired) electrons. The van der Waals surface area contributed by atoms with Gasteiger partial charge in [0.1, 0.15) is 11.4 Å². The molecule has 5 nitrogen and oxygen atoms in total. The zero-order chi connectivity index (χ0) is 12.8. The molecule has 1 saturated carbocycles. The van der Waals surface area contributed by atoms with Gasteiger partial charge in [-0.2, -0.15) is 0 Å². The van der Waals surface area contributed by atoms with Gasteiger partial charge in [-0.15, -0.1) is 0 Å². The van der Waals surface area contributed by atoms with Gasteiger partial charge < -0.3 is 15.2 Å². The maximum atomic E-state index is 10.9. The summed E-state index contributed by atoms with van der Waals surface area (Å²) in [6, 6.07) is 3.16. The molecule has 0 amide bonds. The second-order valence-corrected chi connectivity index (χ2v) is 4.50. The molecule has 1 aliphatic carbocycles. The molecule has 0 spiro atoms. The van der Waals surface area contributed by atoms with Crippen molar-refractivity contribution < 1.29 is 14.6 Å². The normalized spacial score (nSPS) is 14.4. The second kappa shape index (κ2) is 6.35. The lowest BCUT2D eigenvalue weighted by Crippen LogP contribution is -2.11. The zero-order valence-corrected chi connectivity index (χ0v) is 10.3. The van der Waals surface area contributed by atoms with Gasteiger partial charge in [0.2, 0.25) is 0 Å². The number of nitrogens with zero attached hydrogens (tertiary/aromatic N) is 1. The monoisotopic (exact) mass is 250 g/mol. The van der Waals surface area contributed by atoms with Crippen LogP contribution in [0.4, 0.5) is 5.82 Å². The largest absolute Gasteiger partial charge is 0.478 e. The van der Waals surface area contributed by atoms with Crippen molar-refractivity contribution in [2.75, 3.05) is 25.1 Å². The minimum atomic E-state index is -0.962. The smallest absolute Gasteiger partial charge is 0.339 e. The van der Waals surface area contributed by atoms with E-state index in [1.165, 1.54) is 12.8 Å². The number of hydrogen-bond donors (Lipinski definition) is 2. The summed E-state index contributed by atoms with van der Waals surface area (Å²) in [5.41, 5.74) is 0.205. The molecule has 1 aromatic heterocycles. The summed E-state index contributed by atoms with van der Waals surface area (Å²) in [4.78, 5) is 15.0. The fraction of sp³-hybridized carbons (Fsp3) is 0.538. The lowest BCUT2D eigenvalue weighted by atomic mass is 10.2. The molecule has 98 valence electrons. The number of rotatable bonds is 8. The van der Waals surface area contributed by atoms with Gasteiger partial charge in [0, 0.05) is 26.0 Å². The van der Waals surface area contributed by atoms with E-state index in [1.807, 2.05) is 0 Å². The van der Waals surface area contributed by atoms with Gasteiger partial charge in [-0.05, 0) is 37.3 Å². The maximum Gasteiger partial charge on any atom is 0.339 e. The fourth-order valence-corrected chi connectivity index (χ4v) is 1.63. The summed E-state index contributed by atoms with van der Waals surface area (Å²) in [5.74, 6) is 0.245. The number of nitrogens with one attached hydrogen (secondary N) is 1. The van der Waals surface area contributed by atoms with E-state index in [1.54, 1.807) is 18.3 Å². The van der Waals surface area contributed by atoms with Gasteiger partial charge in [0.25, 0.3) is 0 Å². The Hall–Kier alpha value is -1.62. The summed E-state index contributed by atoms with van der Waals surface area (Å²) in [7, 11) is 0. The van der Waals surface area contributed by atoms with E-state index in [2.05, 4.69) is 10.3 Å². The molecule has 18 heavy (non-hydrogen) atoms. The van der Waals surface area contributed by atoms with Crippen molar-refractivity contribution in [2.24, 2.45) is 5.92 Å². The molecule has 0 atom stereocenters. The molecule has 0 aromatic carbocycles. The Morgan fingerprint density at radius 3 is 3.11 bits per heavy atom. The SMILES string of the molecule is O=C(O)c1cccnc1NCCCOCC1CC1. The molecule has 2 N–H and O–H groups in total. The second-order valence-electron chi connectivity index (χ2n) is 4.50. The molecule has 0 unspecified atom stereocenters. The third-order valence-electron chi connectivity index (χ3n) is 2.85. The number of carboxylic acids is 1. The Balaban J connectivity index is 1.67. The molecule has 1 aliphatic rings. The summed E-state index contributed by atoms with van der Waals surface area (Å²) in [5, 5.41) is 12.0. The molecule has 1 fully saturated rings. The van der Waals surface area contributed by atoms with Crippen LogP contribution in [0.15, 0.2) is 18.3 Å². The third-order valence-corrected chi connectivity index (χ3v) is 2.85. The predicted octanol–water partition coefficient (Wildman–Crippen LogP) is 2.01. The van der Waals surface area contributed by atoms with Crippen LogP contribution in [0.3, 0.4) is 0 Å². The van der Waals surface area contributed by atoms with E-state index in [9.17, 15) is 4.79 Å². The number of carboxylic acid groups (broad SMARTS) is 1. The van der Waals surface area contributed by atoms with Gasteiger partial charge in [0.05, 0.1) is 0 Å². The minimum absolute atomic E-state index is 0.205. The minimum Gasteiger partial charge on any atom is -0.478 e. The highest BCUT2D eigenvalue weighted by molar-refractivity contribution is 5.92. The molecule has 0 bridgehead atoms. The van der Waals surface area contributed by atoms with E-state index in [0.29, 0.717) is 19.0 Å². The third kappa shape index (κ3) is 4.00. The summed E-state index contributed by atoms with van der Waals surface area (Å²) >= 11 is 0. The lowest BCUT2D eigenvalue weighted by molar-refractivity contribution is 0.0697. The van der Waals surface area contributed by atoms with Crippen molar-refractivity contribution in [1.29, 1.82) is 0 Å². The number of anilines is 1. The number of aromatic nitrogens is 1. The van der Waals surface area contributed by atoms with Gasteiger partial charge >= 0.3 is 5.97 Å². The molecule has 1 heterocycles. The maximum absolute atomic E-state index is 10.9. The van der Waals surface area contributed by atoms with Crippen molar-refractivity contribution in [1.82, 2.24) is 4.98 Å². The van der Waals surface area contributed by atoms with Crippen molar-refractivity contribution >= 4 is 11.8 Å². The number of pyridine rings is 1. The molecule has 1 aromatic rings. The predicted molar refractivity (Wildman–Crippen MR) is 67.8 cm³/mol. The van der Waals surface area contributed by atoms with Crippen molar-refractivity contribution in [3.05, 3.63) is 23.9 Å². The topological polar surface area (TPSA) is 71.5 Å². The van der Waals surface area contributed by atoms with Crippen LogP contribution in [0.2, 0.25) is 0 Å². The Labute approximate surface area is 106 Å². The van der Waals surface area contributed by atoms with Crippen LogP contribution in [-0.2, 0) is 4.74 Å². The standard InChI is InChI=1S/C13H18N2O3/c16-13(17)11-3-1-6-14-12(11)15-7-2-8-18-9-10-4-5-10/h1,3,6,10H,2,4-5,7-9H2,(H,14,15)(H,16,17). The Morgan fingerprint density at radius 1 is 1.56 bits per heavy atom. The average molecular weight is 250 g/mol. The zero-order valence-electron chi connectivity index (χ0n) is 10.3. The first-order valence-electron chi connectivity index (χ1n) is 6.27. The van der Waals surface area contributed by atoms with Crippen LogP contribution in [0.5, 0.6) is 0 Å². The Morgan fingerprint density at radius 2 is 2.39 bits per heavy atom. The molecular formula is C13H18N2O3. The molecule has 5 heteroatoms. The van der Waals surface area contributed by atoms with E-state index in [0.717, 1.165) is 18.9 Å². The molecule has 2 rings (SSSR count). The van der Waals surface area contributed by atoms with Crippen LogP contribution in [0.25, 0.3) is 0 Å². The summed E-state index contributed by atoms with van der Waals surface area (Å²) in [6.07, 6.45) is 5.03. The van der Waals surface area contributed by atoms with E-state index < -0.39 is 5.97 Å². The van der Waals surface area contributed by atoms with E-state index >= 15 is 0 Å². The Kier molecular flexibility index (Phi) is 4.52. The van der Waals surface area contributed by atoms with Gasteiger partial charge in [-0.1, -0.05) is 0 Å². The highest BCUT2D eigenvalue weighted by Gasteiger charge is 2.20. The van der Waals surface area contributed by atoms with Gasteiger partial charge in [-0.3, -0.25) is 0 Å². The number of carbonyl (C=O) groups is 1. The van der Waals surface area contributed by atoms with E-state index in [4.69, 9.17) is 9.84 Å². The van der Waals surface area contributed by atoms with Crippen LogP contribution < -0.4 is 5.32 Å². The average Bonchev–Trinajstić information content (AvgIpc) is 3.18. The lowest BCUT2D eigenvalue weighted by Gasteiger charge is -2.08. The number of ether oxygens (including phenoxy) is 1. The Bertz CT molecular complexity index is 405. The van der Waals surface area contributed by atoms with Crippen LogP contribution in [0.1, 0.15) is 29.6 Å². The van der Waals surface area contributed by atoms with Crippen molar-refractivity contribution in [3.8, 4) is 0 Å². The number of aromatic carboxylic acids is 1. The summed E-state index contributed by atoms with van der Waals surface area (Å²) < 4.78 is 5.50. The first-order valence-corrected chi connectivity index (χ1v) is 6.27. The van der Waals surface area contributed by atoms with Crippen LogP contribution in [-0.4, -0.2) is 35.8 Å². The van der Waals surface area contributed by atoms with Crippen LogP contribution in [0, 0.1) is 5.92 Å². The van der Waals surface area contributed by atoms with Crippen LogP contribution >= 0.6 is 0 Å². The van der Waals surface area contributed by atoms with E-state index in [-0.39, 0.29) is 5.56 Å². The first kappa shape index (κ1) is 12.8. The summed E-state index contributed by atoms with van der Waals surface area (Å²) in [6.45, 7) is 2.24. The quantitative estimate of drug-likeness (QED) is 0.690. The van der Waals surface area contributed by atoms with Crippen molar-refractivity contribution in [2.45, 2.75) is 19.3 Å². The van der Waals surface area contributed by atoms with Crippen molar-refractivity contribution in [3.63, 3.8) is 0 Å². The molecule has 0 saturated heterocycles. The first-order chi connectivity index (χ1) is 8.77. The number of hydrogen-bond acceptors (Lipinski definition) is 4. The fourth-order valence-electron chi connectivity index (χ4n) is 1.63. The van der Waals surface area contributed by atoms with Gasteiger partial charge in [-0.25, -0.2) is 9.78 Å². The van der Waals surface area contributed by atoms with Gasteiger partial charge in [0.15, 0.2) is 0 Å². The highest BCUT2D eigenvalue weighted by atomic mass is 16.5. The highest BCUT2D eigenvalue weighted by Crippen LogP contribution is 2.28.